The van der Waals surface area contributed by atoms with Gasteiger partial charge < -0.3 is 0 Å². The standard InChI is InChI=1S/C7H8O3S.C4H4N2/c1-6-2-4-7(5-3-6)11(8,9)10;1-2-5-4-6-3-1/h2-5H,1H3,(H,8,9,10);1-4H. The highest BCUT2D eigenvalue weighted by Crippen LogP contribution is 2.08. The molecule has 0 aliphatic carbocycles. The van der Waals surface area contributed by atoms with Crippen molar-refractivity contribution in [3.8, 4) is 0 Å². The molecule has 0 aliphatic heterocycles. The molecular formula is C11H12N2O3S. The fraction of sp³-hybridized carbons (Fsp3) is 0.0909. The zero-order valence-electron chi connectivity index (χ0n) is 9.19. The molecule has 1 N–H and O–H groups in total. The Morgan fingerprint density at radius 1 is 1.06 bits per heavy atom. The third-order valence-corrected chi connectivity index (χ3v) is 2.66. The molecule has 0 fully saturated rings. The highest BCUT2D eigenvalue weighted by molar-refractivity contribution is 7.85. The Bertz CT molecular complexity index is 512. The first-order chi connectivity index (χ1) is 8.00. The van der Waals surface area contributed by atoms with Crippen molar-refractivity contribution >= 4 is 10.1 Å². The van der Waals surface area contributed by atoms with E-state index in [2.05, 4.69) is 9.97 Å². The van der Waals surface area contributed by atoms with Gasteiger partial charge >= 0.3 is 0 Å². The number of benzene rings is 1. The van der Waals surface area contributed by atoms with E-state index < -0.39 is 10.1 Å². The first-order valence-electron chi connectivity index (χ1n) is 4.74. The minimum atomic E-state index is -4.02. The SMILES string of the molecule is Cc1ccc(S(=O)(=O)O)cc1.c1cncnc1. The van der Waals surface area contributed by atoms with Crippen LogP contribution in [0.1, 0.15) is 5.56 Å². The van der Waals surface area contributed by atoms with Crippen molar-refractivity contribution in [2.75, 3.05) is 0 Å². The molecule has 6 heteroatoms. The molecular weight excluding hydrogens is 240 g/mol. The molecule has 1 aromatic heterocycles. The van der Waals surface area contributed by atoms with Gasteiger partial charge in [0.05, 0.1) is 4.90 Å². The minimum absolute atomic E-state index is 0.0666. The maximum atomic E-state index is 10.5. The van der Waals surface area contributed by atoms with Crippen LogP contribution in [0.25, 0.3) is 0 Å². The van der Waals surface area contributed by atoms with Gasteiger partial charge in [0.2, 0.25) is 0 Å². The summed E-state index contributed by atoms with van der Waals surface area (Å²) in [6, 6.07) is 7.77. The Labute approximate surface area is 99.9 Å². The van der Waals surface area contributed by atoms with E-state index in [1.807, 2.05) is 6.92 Å². The lowest BCUT2D eigenvalue weighted by atomic mass is 10.2. The summed E-state index contributed by atoms with van der Waals surface area (Å²) in [4.78, 5) is 7.28. The summed E-state index contributed by atoms with van der Waals surface area (Å²) in [6.45, 7) is 1.84. The van der Waals surface area contributed by atoms with E-state index in [-0.39, 0.29) is 4.90 Å². The zero-order chi connectivity index (χ0) is 12.7. The largest absolute Gasteiger partial charge is 0.294 e. The van der Waals surface area contributed by atoms with E-state index in [1.54, 1.807) is 30.6 Å². The summed E-state index contributed by atoms with van der Waals surface area (Å²) in [6.07, 6.45) is 4.88. The van der Waals surface area contributed by atoms with E-state index in [0.717, 1.165) is 5.56 Å². The topological polar surface area (TPSA) is 80.2 Å². The second kappa shape index (κ2) is 6.07. The van der Waals surface area contributed by atoms with Gasteiger partial charge in [-0.3, -0.25) is 4.55 Å². The van der Waals surface area contributed by atoms with E-state index in [4.69, 9.17) is 4.55 Å². The van der Waals surface area contributed by atoms with Crippen molar-refractivity contribution in [3.63, 3.8) is 0 Å². The number of hydrogen-bond donors (Lipinski definition) is 1. The van der Waals surface area contributed by atoms with Gasteiger partial charge in [-0.05, 0) is 25.1 Å². The van der Waals surface area contributed by atoms with Crippen LogP contribution in [0.5, 0.6) is 0 Å². The van der Waals surface area contributed by atoms with Crippen LogP contribution >= 0.6 is 0 Å². The van der Waals surface area contributed by atoms with Crippen LogP contribution in [-0.4, -0.2) is 22.9 Å². The quantitative estimate of drug-likeness (QED) is 0.781. The van der Waals surface area contributed by atoms with Crippen molar-refractivity contribution in [3.05, 3.63) is 54.6 Å². The van der Waals surface area contributed by atoms with Crippen molar-refractivity contribution < 1.29 is 13.0 Å². The van der Waals surface area contributed by atoms with Crippen LogP contribution in [0.2, 0.25) is 0 Å². The summed E-state index contributed by atoms with van der Waals surface area (Å²) in [5.41, 5.74) is 0.956. The Balaban J connectivity index is 0.000000202. The first-order valence-corrected chi connectivity index (χ1v) is 6.18. The Hall–Kier alpha value is -1.79. The third kappa shape index (κ3) is 5.19. The van der Waals surface area contributed by atoms with Crippen LogP contribution in [-0.2, 0) is 10.1 Å². The lowest BCUT2D eigenvalue weighted by Crippen LogP contribution is -1.96. The van der Waals surface area contributed by atoms with E-state index in [9.17, 15) is 8.42 Å². The maximum Gasteiger partial charge on any atom is 0.294 e. The molecule has 1 aromatic carbocycles. The zero-order valence-corrected chi connectivity index (χ0v) is 10.0. The second-order valence-corrected chi connectivity index (χ2v) is 4.61. The lowest BCUT2D eigenvalue weighted by molar-refractivity contribution is 0.483. The van der Waals surface area contributed by atoms with Crippen LogP contribution in [0.15, 0.2) is 53.9 Å². The smallest absolute Gasteiger partial charge is 0.282 e. The van der Waals surface area contributed by atoms with Crippen LogP contribution in [0, 0.1) is 6.92 Å². The fourth-order valence-corrected chi connectivity index (χ4v) is 1.44. The maximum absolute atomic E-state index is 10.5. The second-order valence-electron chi connectivity index (χ2n) is 3.19. The van der Waals surface area contributed by atoms with Crippen molar-refractivity contribution in [2.45, 2.75) is 11.8 Å². The molecule has 2 rings (SSSR count). The highest BCUT2D eigenvalue weighted by atomic mass is 32.2. The molecule has 0 saturated heterocycles. The summed E-state index contributed by atoms with van der Waals surface area (Å²) < 4.78 is 29.6. The number of hydrogen-bond acceptors (Lipinski definition) is 4. The molecule has 0 amide bonds. The van der Waals surface area contributed by atoms with E-state index >= 15 is 0 Å². The molecule has 0 spiro atoms. The van der Waals surface area contributed by atoms with Gasteiger partial charge in [-0.2, -0.15) is 8.42 Å². The van der Waals surface area contributed by atoms with E-state index in [0.29, 0.717) is 0 Å². The minimum Gasteiger partial charge on any atom is -0.282 e. The van der Waals surface area contributed by atoms with Crippen LogP contribution < -0.4 is 0 Å². The molecule has 0 unspecified atom stereocenters. The summed E-state index contributed by atoms with van der Waals surface area (Å²) in [7, 11) is -4.02. The van der Waals surface area contributed by atoms with Gasteiger partial charge in [-0.15, -0.1) is 0 Å². The third-order valence-electron chi connectivity index (χ3n) is 1.80. The highest BCUT2D eigenvalue weighted by Gasteiger charge is 2.06. The molecule has 90 valence electrons. The Kier molecular flexibility index (Phi) is 4.74. The van der Waals surface area contributed by atoms with Crippen LogP contribution in [0.4, 0.5) is 0 Å². The van der Waals surface area contributed by atoms with E-state index in [1.165, 1.54) is 18.5 Å². The summed E-state index contributed by atoms with van der Waals surface area (Å²) in [5.74, 6) is 0. The number of aromatic nitrogens is 2. The van der Waals surface area contributed by atoms with Crippen molar-refractivity contribution in [1.29, 1.82) is 0 Å². The van der Waals surface area contributed by atoms with Gasteiger partial charge in [0.15, 0.2) is 0 Å². The van der Waals surface area contributed by atoms with Gasteiger partial charge in [0.25, 0.3) is 10.1 Å². The molecule has 0 radical (unpaired) electrons. The monoisotopic (exact) mass is 252 g/mol. The molecule has 17 heavy (non-hydrogen) atoms. The summed E-state index contributed by atoms with van der Waals surface area (Å²) in [5, 5.41) is 0. The van der Waals surface area contributed by atoms with Gasteiger partial charge in [0.1, 0.15) is 6.33 Å². The van der Waals surface area contributed by atoms with Crippen molar-refractivity contribution in [1.82, 2.24) is 9.97 Å². The molecule has 0 bridgehead atoms. The Morgan fingerprint density at radius 3 is 1.88 bits per heavy atom. The first kappa shape index (κ1) is 13.3. The van der Waals surface area contributed by atoms with Gasteiger partial charge in [-0.25, -0.2) is 9.97 Å². The van der Waals surface area contributed by atoms with Gasteiger partial charge in [0, 0.05) is 12.4 Å². The fourth-order valence-electron chi connectivity index (χ4n) is 0.964. The average molecular weight is 252 g/mol. The lowest BCUT2D eigenvalue weighted by Gasteiger charge is -1.95. The molecule has 0 saturated carbocycles. The van der Waals surface area contributed by atoms with Gasteiger partial charge in [-0.1, -0.05) is 17.7 Å². The Morgan fingerprint density at radius 2 is 1.59 bits per heavy atom. The number of nitrogens with zero attached hydrogens (tertiary/aromatic N) is 2. The molecule has 0 aliphatic rings. The normalized spacial score (nSPS) is 10.2. The predicted octanol–water partition coefficient (Wildman–Crippen LogP) is 1.72. The summed E-state index contributed by atoms with van der Waals surface area (Å²) >= 11 is 0. The molecule has 1 heterocycles. The van der Waals surface area contributed by atoms with Crippen molar-refractivity contribution in [2.24, 2.45) is 0 Å². The molecule has 2 aromatic rings. The number of rotatable bonds is 1. The molecule has 5 nitrogen and oxygen atoms in total. The van der Waals surface area contributed by atoms with Crippen LogP contribution in [0.3, 0.4) is 0 Å². The predicted molar refractivity (Wildman–Crippen MR) is 63.0 cm³/mol. The molecule has 0 atom stereocenters. The average Bonchev–Trinajstić information content (AvgIpc) is 2.31. The number of aryl methyl sites for hydroxylation is 1.